The molecular weight excluding hydrogens is 270 g/mol. The molecule has 0 heterocycles. The molecule has 1 fully saturated rings. The number of nitriles is 1. The van der Waals surface area contributed by atoms with Crippen LogP contribution in [0.25, 0.3) is 0 Å². The summed E-state index contributed by atoms with van der Waals surface area (Å²) in [5, 5.41) is 9.79. The highest BCUT2D eigenvalue weighted by molar-refractivity contribution is 5.37. The van der Waals surface area contributed by atoms with Crippen LogP contribution >= 0.6 is 0 Å². The Morgan fingerprint density at radius 1 is 1.14 bits per heavy atom. The maximum atomic E-state index is 9.79. The lowest BCUT2D eigenvalue weighted by molar-refractivity contribution is 0.262. The number of hydrogen-bond donors (Lipinski definition) is 0. The molecule has 120 valence electrons. The van der Waals surface area contributed by atoms with Gasteiger partial charge < -0.3 is 4.74 Å². The van der Waals surface area contributed by atoms with E-state index in [4.69, 9.17) is 4.74 Å². The first-order valence-electron chi connectivity index (χ1n) is 8.88. The standard InChI is InChI=1S/C20H29NO/c1-3-5-6-17-11-13-20(16-21,14-12-17)18-7-9-19(10-8-18)22-15-4-2/h7-10,17H,3-6,11-15H2,1-2H3/t17-,20+. The molecule has 0 atom stereocenters. The van der Waals surface area contributed by atoms with E-state index in [1.54, 1.807) is 0 Å². The minimum absolute atomic E-state index is 0.272. The fourth-order valence-corrected chi connectivity index (χ4v) is 3.51. The Morgan fingerprint density at radius 2 is 1.82 bits per heavy atom. The van der Waals surface area contributed by atoms with E-state index in [1.165, 1.54) is 37.7 Å². The SMILES string of the molecule is CCCC[C@H]1CC[C@@](C#N)(c2ccc(OCCC)cc2)CC1. The van der Waals surface area contributed by atoms with Crippen LogP contribution in [0.1, 0.15) is 70.8 Å². The lowest BCUT2D eigenvalue weighted by Gasteiger charge is -2.35. The highest BCUT2D eigenvalue weighted by Crippen LogP contribution is 2.42. The van der Waals surface area contributed by atoms with Crippen LogP contribution in [0.2, 0.25) is 0 Å². The summed E-state index contributed by atoms with van der Waals surface area (Å²) in [6, 6.07) is 10.9. The molecule has 22 heavy (non-hydrogen) atoms. The first-order valence-corrected chi connectivity index (χ1v) is 8.88. The van der Waals surface area contributed by atoms with Crippen LogP contribution in [-0.4, -0.2) is 6.61 Å². The molecule has 1 saturated carbocycles. The first kappa shape index (κ1) is 16.9. The normalized spacial score (nSPS) is 24.7. The molecule has 0 aromatic heterocycles. The van der Waals surface area contributed by atoms with Crippen LogP contribution in [0.4, 0.5) is 0 Å². The van der Waals surface area contributed by atoms with E-state index in [1.807, 2.05) is 12.1 Å². The molecule has 2 nitrogen and oxygen atoms in total. The zero-order valence-electron chi connectivity index (χ0n) is 14.1. The first-order chi connectivity index (χ1) is 10.7. The lowest BCUT2D eigenvalue weighted by Crippen LogP contribution is -2.30. The Morgan fingerprint density at radius 3 is 2.36 bits per heavy atom. The Labute approximate surface area is 135 Å². The van der Waals surface area contributed by atoms with Gasteiger partial charge in [0.1, 0.15) is 5.75 Å². The van der Waals surface area contributed by atoms with Gasteiger partial charge in [-0.15, -0.1) is 0 Å². The van der Waals surface area contributed by atoms with Crippen molar-refractivity contribution in [1.82, 2.24) is 0 Å². The molecule has 0 aliphatic heterocycles. The van der Waals surface area contributed by atoms with Crippen molar-refractivity contribution in [2.75, 3.05) is 6.61 Å². The van der Waals surface area contributed by atoms with E-state index in [2.05, 4.69) is 32.0 Å². The summed E-state index contributed by atoms with van der Waals surface area (Å²) >= 11 is 0. The summed E-state index contributed by atoms with van der Waals surface area (Å²) in [6.07, 6.45) is 9.36. The molecule has 0 N–H and O–H groups in total. The summed E-state index contributed by atoms with van der Waals surface area (Å²) in [7, 11) is 0. The van der Waals surface area contributed by atoms with Crippen molar-refractivity contribution in [3.63, 3.8) is 0 Å². The molecule has 1 aromatic carbocycles. The smallest absolute Gasteiger partial charge is 0.119 e. The molecule has 2 heteroatoms. The summed E-state index contributed by atoms with van der Waals surface area (Å²) in [4.78, 5) is 0. The predicted octanol–water partition coefficient (Wildman–Crippen LogP) is 5.62. The second kappa shape index (κ2) is 8.22. The zero-order valence-corrected chi connectivity index (χ0v) is 14.1. The van der Waals surface area contributed by atoms with E-state index in [9.17, 15) is 5.26 Å². The molecule has 1 aromatic rings. The zero-order chi connectivity index (χ0) is 15.8. The van der Waals surface area contributed by atoms with Crippen molar-refractivity contribution in [2.45, 2.75) is 70.6 Å². The lowest BCUT2D eigenvalue weighted by atomic mass is 9.67. The van der Waals surface area contributed by atoms with Crippen LogP contribution in [0, 0.1) is 17.2 Å². The van der Waals surface area contributed by atoms with Crippen LogP contribution in [0.3, 0.4) is 0 Å². The van der Waals surface area contributed by atoms with E-state index >= 15 is 0 Å². The highest BCUT2D eigenvalue weighted by Gasteiger charge is 2.36. The van der Waals surface area contributed by atoms with Gasteiger partial charge in [0.25, 0.3) is 0 Å². The molecule has 0 bridgehead atoms. The van der Waals surface area contributed by atoms with E-state index < -0.39 is 0 Å². The quantitative estimate of drug-likeness (QED) is 0.655. The maximum absolute atomic E-state index is 9.79. The summed E-state index contributed by atoms with van der Waals surface area (Å²) < 4.78 is 5.64. The fraction of sp³-hybridized carbons (Fsp3) is 0.650. The minimum Gasteiger partial charge on any atom is -0.494 e. The van der Waals surface area contributed by atoms with Crippen molar-refractivity contribution in [2.24, 2.45) is 5.92 Å². The van der Waals surface area contributed by atoms with Crippen LogP contribution in [-0.2, 0) is 5.41 Å². The fourth-order valence-electron chi connectivity index (χ4n) is 3.51. The monoisotopic (exact) mass is 299 g/mol. The van der Waals surface area contributed by atoms with E-state index in [0.717, 1.165) is 37.5 Å². The van der Waals surface area contributed by atoms with E-state index in [0.29, 0.717) is 0 Å². The number of benzene rings is 1. The Kier molecular flexibility index (Phi) is 6.31. The second-order valence-electron chi connectivity index (χ2n) is 6.65. The van der Waals surface area contributed by atoms with Crippen LogP contribution in [0.5, 0.6) is 5.75 Å². The Balaban J connectivity index is 2.01. The molecule has 0 amide bonds. The van der Waals surface area contributed by atoms with Crippen molar-refractivity contribution < 1.29 is 4.74 Å². The van der Waals surface area contributed by atoms with Crippen LogP contribution < -0.4 is 4.74 Å². The highest BCUT2D eigenvalue weighted by atomic mass is 16.5. The van der Waals surface area contributed by atoms with E-state index in [-0.39, 0.29) is 5.41 Å². The van der Waals surface area contributed by atoms with Gasteiger partial charge in [0.05, 0.1) is 18.1 Å². The number of hydrogen-bond acceptors (Lipinski definition) is 2. The summed E-state index contributed by atoms with van der Waals surface area (Å²) in [5.74, 6) is 1.74. The van der Waals surface area contributed by atoms with Crippen molar-refractivity contribution in [3.8, 4) is 11.8 Å². The van der Waals surface area contributed by atoms with Gasteiger partial charge in [-0.3, -0.25) is 0 Å². The van der Waals surface area contributed by atoms with Crippen molar-refractivity contribution in [3.05, 3.63) is 29.8 Å². The van der Waals surface area contributed by atoms with Gasteiger partial charge in [-0.2, -0.15) is 5.26 Å². The molecule has 0 unspecified atom stereocenters. The third-order valence-electron chi connectivity index (χ3n) is 5.02. The van der Waals surface area contributed by atoms with Gasteiger partial charge in [-0.25, -0.2) is 0 Å². The molecular formula is C20H29NO. The molecule has 1 aliphatic carbocycles. The van der Waals surface area contributed by atoms with Crippen molar-refractivity contribution >= 4 is 0 Å². The van der Waals surface area contributed by atoms with Gasteiger partial charge in [-0.1, -0.05) is 45.2 Å². The number of unbranched alkanes of at least 4 members (excludes halogenated alkanes) is 1. The van der Waals surface area contributed by atoms with Gasteiger partial charge in [0.15, 0.2) is 0 Å². The summed E-state index contributed by atoms with van der Waals surface area (Å²) in [6.45, 7) is 5.11. The Bertz CT molecular complexity index is 477. The van der Waals surface area contributed by atoms with Gasteiger partial charge in [0.2, 0.25) is 0 Å². The van der Waals surface area contributed by atoms with Crippen LogP contribution in [0.15, 0.2) is 24.3 Å². The second-order valence-corrected chi connectivity index (χ2v) is 6.65. The third-order valence-corrected chi connectivity index (χ3v) is 5.02. The molecule has 0 spiro atoms. The maximum Gasteiger partial charge on any atom is 0.119 e. The molecule has 0 radical (unpaired) electrons. The summed E-state index contributed by atoms with van der Waals surface area (Å²) in [5.41, 5.74) is 0.902. The largest absolute Gasteiger partial charge is 0.494 e. The average molecular weight is 299 g/mol. The van der Waals surface area contributed by atoms with Gasteiger partial charge >= 0.3 is 0 Å². The minimum atomic E-state index is -0.272. The molecule has 0 saturated heterocycles. The number of rotatable bonds is 7. The molecule has 2 rings (SSSR count). The number of nitrogens with zero attached hydrogens (tertiary/aromatic N) is 1. The number of ether oxygens (including phenoxy) is 1. The Hall–Kier alpha value is -1.49. The predicted molar refractivity (Wildman–Crippen MR) is 91.0 cm³/mol. The van der Waals surface area contributed by atoms with Crippen molar-refractivity contribution in [1.29, 1.82) is 5.26 Å². The topological polar surface area (TPSA) is 33.0 Å². The van der Waals surface area contributed by atoms with Gasteiger partial charge in [-0.05, 0) is 55.7 Å². The third kappa shape index (κ3) is 4.03. The van der Waals surface area contributed by atoms with Gasteiger partial charge in [0, 0.05) is 0 Å². The average Bonchev–Trinajstić information content (AvgIpc) is 2.59. The molecule has 1 aliphatic rings.